The third-order valence-corrected chi connectivity index (χ3v) is 4.48. The molecule has 2 rings (SSSR count). The highest BCUT2D eigenvalue weighted by Gasteiger charge is 2.10. The smallest absolute Gasteiger partial charge is 0.148 e. The van der Waals surface area contributed by atoms with Crippen molar-refractivity contribution in [2.45, 2.75) is 6.61 Å². The van der Waals surface area contributed by atoms with Crippen molar-refractivity contribution in [3.63, 3.8) is 0 Å². The van der Waals surface area contributed by atoms with Crippen molar-refractivity contribution in [3.8, 4) is 5.75 Å². The highest BCUT2D eigenvalue weighted by atomic mass is 79.9. The van der Waals surface area contributed by atoms with Crippen LogP contribution < -0.4 is 4.74 Å². The highest BCUT2D eigenvalue weighted by Crippen LogP contribution is 2.37. The number of ether oxygens (including phenoxy) is 1. The Hall–Kier alpha value is 0.0900. The summed E-state index contributed by atoms with van der Waals surface area (Å²) in [7, 11) is 0. The Morgan fingerprint density at radius 2 is 1.53 bits per heavy atom. The number of hydrogen-bond acceptors (Lipinski definition) is 1. The largest absolute Gasteiger partial charge is 0.486 e. The molecule has 0 atom stereocenters. The summed E-state index contributed by atoms with van der Waals surface area (Å²) in [6.07, 6.45) is 0. The van der Waals surface area contributed by atoms with Gasteiger partial charge in [-0.3, -0.25) is 0 Å². The van der Waals surface area contributed by atoms with Crippen LogP contribution >= 0.6 is 63.7 Å². The predicted octanol–water partition coefficient (Wildman–Crippen LogP) is 6.45. The number of halogens is 5. The molecule has 0 saturated heterocycles. The van der Waals surface area contributed by atoms with Gasteiger partial charge in [0.1, 0.15) is 18.2 Å². The summed E-state index contributed by atoms with van der Waals surface area (Å²) in [4.78, 5) is 0. The fourth-order valence-electron chi connectivity index (χ4n) is 1.46. The zero-order chi connectivity index (χ0) is 14.0. The van der Waals surface area contributed by atoms with E-state index in [-0.39, 0.29) is 12.4 Å². The van der Waals surface area contributed by atoms with Crippen molar-refractivity contribution in [1.82, 2.24) is 0 Å². The van der Waals surface area contributed by atoms with Gasteiger partial charge >= 0.3 is 0 Å². The topological polar surface area (TPSA) is 9.23 Å². The molecule has 0 fully saturated rings. The van der Waals surface area contributed by atoms with Gasteiger partial charge in [0, 0.05) is 14.5 Å². The Kier molecular flexibility index (Phi) is 5.45. The highest BCUT2D eigenvalue weighted by molar-refractivity contribution is 9.11. The summed E-state index contributed by atoms with van der Waals surface area (Å²) in [5.74, 6) is 0.351. The number of benzene rings is 2. The number of rotatable bonds is 3. The molecule has 0 aliphatic rings. The number of hydrogen-bond donors (Lipinski definition) is 0. The quantitative estimate of drug-likeness (QED) is 0.454. The summed E-state index contributed by atoms with van der Waals surface area (Å²) in [6, 6.07) is 8.65. The molecule has 0 amide bonds. The summed E-state index contributed by atoms with van der Waals surface area (Å²) in [5.41, 5.74) is 0.505. The Balaban J connectivity index is 2.19. The lowest BCUT2D eigenvalue weighted by Gasteiger charge is -2.11. The van der Waals surface area contributed by atoms with E-state index in [0.29, 0.717) is 15.8 Å². The first kappa shape index (κ1) is 15.5. The van der Waals surface area contributed by atoms with E-state index < -0.39 is 0 Å². The molecule has 0 bridgehead atoms. The standard InChI is InChI=1S/C13H7Br4FO/c14-8-2-1-7(12(18)5-8)6-19-13-10(16)3-9(15)4-11(13)17/h1-5H,6H2. The minimum absolute atomic E-state index is 0.165. The Bertz CT molecular complexity index is 593. The third-order valence-electron chi connectivity index (χ3n) is 2.35. The molecule has 0 heterocycles. The minimum Gasteiger partial charge on any atom is -0.486 e. The normalized spacial score (nSPS) is 10.6. The van der Waals surface area contributed by atoms with Gasteiger partial charge in [0.15, 0.2) is 0 Å². The summed E-state index contributed by atoms with van der Waals surface area (Å²) in [6.45, 7) is 0.165. The first-order chi connectivity index (χ1) is 8.97. The van der Waals surface area contributed by atoms with Crippen LogP contribution in [0.4, 0.5) is 4.39 Å². The average molecular weight is 518 g/mol. The van der Waals surface area contributed by atoms with Crippen LogP contribution in [0, 0.1) is 5.82 Å². The molecule has 0 aromatic heterocycles. The molecule has 0 spiro atoms. The van der Waals surface area contributed by atoms with Crippen molar-refractivity contribution >= 4 is 63.7 Å². The molecule has 1 nitrogen and oxygen atoms in total. The van der Waals surface area contributed by atoms with Gasteiger partial charge < -0.3 is 4.74 Å². The average Bonchev–Trinajstić information content (AvgIpc) is 2.30. The van der Waals surface area contributed by atoms with E-state index in [1.807, 2.05) is 12.1 Å². The monoisotopic (exact) mass is 514 g/mol. The lowest BCUT2D eigenvalue weighted by Crippen LogP contribution is -1.99. The molecule has 2 aromatic carbocycles. The Labute approximate surface area is 144 Å². The SMILES string of the molecule is Fc1cc(Br)ccc1COc1c(Br)cc(Br)cc1Br. The summed E-state index contributed by atoms with van der Waals surface area (Å²) in [5, 5.41) is 0. The summed E-state index contributed by atoms with van der Waals surface area (Å²) >= 11 is 13.4. The second-order valence-electron chi connectivity index (χ2n) is 3.72. The van der Waals surface area contributed by atoms with E-state index in [9.17, 15) is 4.39 Å². The molecular weight excluding hydrogens is 511 g/mol. The van der Waals surface area contributed by atoms with Crippen molar-refractivity contribution in [3.05, 3.63) is 59.6 Å². The predicted molar refractivity (Wildman–Crippen MR) is 88.0 cm³/mol. The maximum Gasteiger partial charge on any atom is 0.148 e. The van der Waals surface area contributed by atoms with Gasteiger partial charge in [0.05, 0.1) is 8.95 Å². The van der Waals surface area contributed by atoms with Gasteiger partial charge in [-0.25, -0.2) is 4.39 Å². The van der Waals surface area contributed by atoms with Crippen LogP contribution in [0.15, 0.2) is 48.2 Å². The van der Waals surface area contributed by atoms with E-state index in [0.717, 1.165) is 13.4 Å². The van der Waals surface area contributed by atoms with Gasteiger partial charge in [-0.05, 0) is 56.1 Å². The molecule has 2 aromatic rings. The van der Waals surface area contributed by atoms with Crippen molar-refractivity contribution in [2.24, 2.45) is 0 Å². The molecular formula is C13H7Br4FO. The van der Waals surface area contributed by atoms with E-state index in [1.165, 1.54) is 6.07 Å². The molecule has 0 N–H and O–H groups in total. The van der Waals surface area contributed by atoms with E-state index >= 15 is 0 Å². The third kappa shape index (κ3) is 4.03. The van der Waals surface area contributed by atoms with Crippen LogP contribution in [0.3, 0.4) is 0 Å². The van der Waals surface area contributed by atoms with Gasteiger partial charge in [-0.2, -0.15) is 0 Å². The minimum atomic E-state index is -0.293. The molecule has 0 radical (unpaired) electrons. The van der Waals surface area contributed by atoms with Crippen molar-refractivity contribution in [1.29, 1.82) is 0 Å². The maximum absolute atomic E-state index is 13.7. The molecule has 19 heavy (non-hydrogen) atoms. The van der Waals surface area contributed by atoms with E-state index in [2.05, 4.69) is 63.7 Å². The second kappa shape index (κ2) is 6.70. The lowest BCUT2D eigenvalue weighted by atomic mass is 10.2. The van der Waals surface area contributed by atoms with Crippen LogP contribution in [0.1, 0.15) is 5.56 Å². The Morgan fingerprint density at radius 3 is 2.11 bits per heavy atom. The molecule has 0 unspecified atom stereocenters. The van der Waals surface area contributed by atoms with Gasteiger partial charge in [-0.15, -0.1) is 0 Å². The molecule has 6 heteroatoms. The van der Waals surface area contributed by atoms with Crippen LogP contribution in [-0.4, -0.2) is 0 Å². The second-order valence-corrected chi connectivity index (χ2v) is 7.26. The molecule has 0 saturated carbocycles. The van der Waals surface area contributed by atoms with Crippen LogP contribution in [0.2, 0.25) is 0 Å². The lowest BCUT2D eigenvalue weighted by molar-refractivity contribution is 0.296. The fraction of sp³-hybridized carbons (Fsp3) is 0.0769. The molecule has 100 valence electrons. The first-order valence-electron chi connectivity index (χ1n) is 5.18. The molecule has 0 aliphatic carbocycles. The maximum atomic E-state index is 13.7. The van der Waals surface area contributed by atoms with E-state index in [1.54, 1.807) is 12.1 Å². The van der Waals surface area contributed by atoms with Crippen LogP contribution in [0.5, 0.6) is 5.75 Å². The first-order valence-corrected chi connectivity index (χ1v) is 8.36. The van der Waals surface area contributed by atoms with E-state index in [4.69, 9.17) is 4.74 Å². The van der Waals surface area contributed by atoms with Crippen molar-refractivity contribution in [2.75, 3.05) is 0 Å². The zero-order valence-corrected chi connectivity index (χ0v) is 15.7. The van der Waals surface area contributed by atoms with Crippen LogP contribution in [0.25, 0.3) is 0 Å². The zero-order valence-electron chi connectivity index (χ0n) is 9.39. The van der Waals surface area contributed by atoms with Crippen molar-refractivity contribution < 1.29 is 9.13 Å². The van der Waals surface area contributed by atoms with Gasteiger partial charge in [0.25, 0.3) is 0 Å². The summed E-state index contributed by atoms with van der Waals surface area (Å²) < 4.78 is 22.6. The van der Waals surface area contributed by atoms with Gasteiger partial charge in [0.2, 0.25) is 0 Å². The fourth-order valence-corrected chi connectivity index (χ4v) is 4.28. The Morgan fingerprint density at radius 1 is 0.895 bits per heavy atom. The molecule has 0 aliphatic heterocycles. The van der Waals surface area contributed by atoms with Gasteiger partial charge in [-0.1, -0.05) is 37.9 Å². The van der Waals surface area contributed by atoms with Crippen LogP contribution in [-0.2, 0) is 6.61 Å².